The van der Waals surface area contributed by atoms with Gasteiger partial charge in [-0.15, -0.1) is 6.42 Å². The van der Waals surface area contributed by atoms with E-state index < -0.39 is 11.3 Å². The zero-order chi connectivity index (χ0) is 15.3. The van der Waals surface area contributed by atoms with Crippen molar-refractivity contribution in [1.82, 2.24) is 0 Å². The van der Waals surface area contributed by atoms with Gasteiger partial charge in [0.2, 0.25) is 5.91 Å². The highest BCUT2D eigenvalue weighted by Crippen LogP contribution is 2.28. The maximum Gasteiger partial charge on any atom is 0.242 e. The van der Waals surface area contributed by atoms with E-state index in [1.807, 2.05) is 18.2 Å². The molecule has 1 unspecified atom stereocenters. The Labute approximate surface area is 124 Å². The average molecular weight is 274 g/mol. The number of rotatable bonds is 4. The van der Waals surface area contributed by atoms with Crippen LogP contribution in [-0.2, 0) is 16.6 Å². The van der Waals surface area contributed by atoms with Gasteiger partial charge in [-0.2, -0.15) is 5.26 Å². The lowest BCUT2D eigenvalue weighted by Gasteiger charge is -2.23. The van der Waals surface area contributed by atoms with Crippen LogP contribution in [0.2, 0.25) is 0 Å². The molecule has 2 aromatic rings. The number of carbonyl (C=O) groups is 1. The molecule has 2 aromatic carbocycles. The minimum absolute atomic E-state index is 0.216. The fraction of sp³-hybridized carbons (Fsp3) is 0.111. The molecule has 2 rings (SSSR count). The molecule has 1 atom stereocenters. The second-order valence-corrected chi connectivity index (χ2v) is 4.77. The van der Waals surface area contributed by atoms with Gasteiger partial charge < -0.3 is 5.73 Å². The fourth-order valence-corrected chi connectivity index (χ4v) is 2.24. The van der Waals surface area contributed by atoms with Crippen LogP contribution in [0.15, 0.2) is 54.6 Å². The van der Waals surface area contributed by atoms with Gasteiger partial charge in [0.15, 0.2) is 5.41 Å². The SMILES string of the molecule is C#Cc1ccc(CC(C#N)(C(N)=O)c2ccccc2)cc1. The summed E-state index contributed by atoms with van der Waals surface area (Å²) in [6.45, 7) is 0. The first kappa shape index (κ1) is 14.4. The first-order valence-corrected chi connectivity index (χ1v) is 6.44. The van der Waals surface area contributed by atoms with Gasteiger partial charge in [-0.05, 0) is 23.3 Å². The van der Waals surface area contributed by atoms with E-state index in [4.69, 9.17) is 12.2 Å². The smallest absolute Gasteiger partial charge is 0.242 e. The van der Waals surface area contributed by atoms with Crippen molar-refractivity contribution in [3.8, 4) is 18.4 Å². The van der Waals surface area contributed by atoms with Gasteiger partial charge >= 0.3 is 0 Å². The summed E-state index contributed by atoms with van der Waals surface area (Å²) in [4.78, 5) is 11.9. The van der Waals surface area contributed by atoms with Gasteiger partial charge in [-0.3, -0.25) is 4.79 Å². The Kier molecular flexibility index (Phi) is 4.07. The van der Waals surface area contributed by atoms with E-state index in [0.29, 0.717) is 5.56 Å². The van der Waals surface area contributed by atoms with Crippen molar-refractivity contribution in [2.24, 2.45) is 5.73 Å². The van der Waals surface area contributed by atoms with Gasteiger partial charge in [-0.25, -0.2) is 0 Å². The van der Waals surface area contributed by atoms with Crippen molar-refractivity contribution in [3.63, 3.8) is 0 Å². The normalized spacial score (nSPS) is 12.7. The monoisotopic (exact) mass is 274 g/mol. The van der Waals surface area contributed by atoms with E-state index in [2.05, 4.69) is 12.0 Å². The predicted molar refractivity (Wildman–Crippen MR) is 81.0 cm³/mol. The third kappa shape index (κ3) is 2.78. The van der Waals surface area contributed by atoms with Gasteiger partial charge in [0, 0.05) is 12.0 Å². The van der Waals surface area contributed by atoms with E-state index in [9.17, 15) is 10.1 Å². The second-order valence-electron chi connectivity index (χ2n) is 4.77. The van der Waals surface area contributed by atoms with Crippen molar-refractivity contribution in [1.29, 1.82) is 5.26 Å². The van der Waals surface area contributed by atoms with Crippen molar-refractivity contribution in [2.75, 3.05) is 0 Å². The molecule has 102 valence electrons. The number of primary amides is 1. The molecule has 0 bridgehead atoms. The Morgan fingerprint density at radius 2 is 1.76 bits per heavy atom. The Balaban J connectivity index is 2.45. The molecule has 3 nitrogen and oxygen atoms in total. The molecule has 0 saturated carbocycles. The number of nitrogens with two attached hydrogens (primary N) is 1. The maximum atomic E-state index is 11.9. The van der Waals surface area contributed by atoms with Crippen LogP contribution in [0.1, 0.15) is 16.7 Å². The minimum Gasteiger partial charge on any atom is -0.368 e. The third-order valence-electron chi connectivity index (χ3n) is 3.47. The number of terminal acetylenes is 1. The second kappa shape index (κ2) is 5.94. The molecule has 0 aliphatic heterocycles. The van der Waals surface area contributed by atoms with Gasteiger partial charge in [-0.1, -0.05) is 48.4 Å². The molecule has 21 heavy (non-hydrogen) atoms. The first-order chi connectivity index (χ1) is 10.1. The molecule has 1 amide bonds. The number of hydrogen-bond donors (Lipinski definition) is 1. The molecule has 0 spiro atoms. The number of benzene rings is 2. The topological polar surface area (TPSA) is 66.9 Å². The van der Waals surface area contributed by atoms with Gasteiger partial charge in [0.05, 0.1) is 6.07 Å². The highest BCUT2D eigenvalue weighted by Gasteiger charge is 2.39. The maximum absolute atomic E-state index is 11.9. The highest BCUT2D eigenvalue weighted by molar-refractivity contribution is 5.90. The molecule has 0 saturated heterocycles. The van der Waals surface area contributed by atoms with Crippen LogP contribution in [0.5, 0.6) is 0 Å². The van der Waals surface area contributed by atoms with Crippen LogP contribution in [-0.4, -0.2) is 5.91 Å². The van der Waals surface area contributed by atoms with Crippen LogP contribution in [0.4, 0.5) is 0 Å². The number of nitrogens with zero attached hydrogens (tertiary/aromatic N) is 1. The lowest BCUT2D eigenvalue weighted by Crippen LogP contribution is -2.42. The number of carbonyl (C=O) groups excluding carboxylic acids is 1. The molecule has 3 heteroatoms. The summed E-state index contributed by atoms with van der Waals surface area (Å²) in [5, 5.41) is 9.58. The Hall–Kier alpha value is -3.04. The summed E-state index contributed by atoms with van der Waals surface area (Å²) in [5.41, 5.74) is 6.33. The molecule has 2 N–H and O–H groups in total. The lowest BCUT2D eigenvalue weighted by atomic mass is 9.76. The van der Waals surface area contributed by atoms with Gasteiger partial charge in [0.25, 0.3) is 0 Å². The summed E-state index contributed by atoms with van der Waals surface area (Å²) in [6, 6.07) is 18.2. The highest BCUT2D eigenvalue weighted by atomic mass is 16.1. The number of nitriles is 1. The van der Waals surface area contributed by atoms with Crippen LogP contribution >= 0.6 is 0 Å². The zero-order valence-corrected chi connectivity index (χ0v) is 11.4. The molecule has 0 radical (unpaired) electrons. The fourth-order valence-electron chi connectivity index (χ4n) is 2.24. The average Bonchev–Trinajstić information content (AvgIpc) is 2.54. The van der Waals surface area contributed by atoms with E-state index in [1.54, 1.807) is 36.4 Å². The van der Waals surface area contributed by atoms with E-state index >= 15 is 0 Å². The first-order valence-electron chi connectivity index (χ1n) is 6.44. The van der Waals surface area contributed by atoms with Crippen LogP contribution in [0.3, 0.4) is 0 Å². The van der Waals surface area contributed by atoms with E-state index in [-0.39, 0.29) is 6.42 Å². The Morgan fingerprint density at radius 3 is 2.24 bits per heavy atom. The lowest BCUT2D eigenvalue weighted by molar-refractivity contribution is -0.121. The molecule has 0 aliphatic carbocycles. The summed E-state index contributed by atoms with van der Waals surface area (Å²) < 4.78 is 0. The largest absolute Gasteiger partial charge is 0.368 e. The number of amides is 1. The van der Waals surface area contributed by atoms with Crippen molar-refractivity contribution < 1.29 is 4.79 Å². The summed E-state index contributed by atoms with van der Waals surface area (Å²) >= 11 is 0. The quantitative estimate of drug-likeness (QED) is 0.868. The van der Waals surface area contributed by atoms with E-state index in [0.717, 1.165) is 11.1 Å². The van der Waals surface area contributed by atoms with Crippen LogP contribution in [0.25, 0.3) is 0 Å². The summed E-state index contributed by atoms with van der Waals surface area (Å²) in [5.74, 6) is 1.87. The van der Waals surface area contributed by atoms with Crippen LogP contribution < -0.4 is 5.73 Å². The summed E-state index contributed by atoms with van der Waals surface area (Å²) in [7, 11) is 0. The van der Waals surface area contributed by atoms with Crippen LogP contribution in [0, 0.1) is 23.7 Å². The van der Waals surface area contributed by atoms with Crippen molar-refractivity contribution >= 4 is 5.91 Å². The standard InChI is InChI=1S/C18H14N2O/c1-2-14-8-10-15(11-9-14)12-18(13-19,17(20)21)16-6-4-3-5-7-16/h1,3-11H,12H2,(H2,20,21). The Bertz CT molecular complexity index is 721. The zero-order valence-electron chi connectivity index (χ0n) is 11.4. The molecular formula is C18H14N2O. The summed E-state index contributed by atoms with van der Waals surface area (Å²) in [6.07, 6.45) is 5.53. The molecule has 0 aliphatic rings. The molecular weight excluding hydrogens is 260 g/mol. The molecule has 0 aromatic heterocycles. The van der Waals surface area contributed by atoms with Crippen molar-refractivity contribution in [3.05, 3.63) is 71.3 Å². The van der Waals surface area contributed by atoms with E-state index in [1.165, 1.54) is 0 Å². The third-order valence-corrected chi connectivity index (χ3v) is 3.47. The molecule has 0 heterocycles. The Morgan fingerprint density at radius 1 is 1.14 bits per heavy atom. The minimum atomic E-state index is -1.38. The molecule has 0 fully saturated rings. The van der Waals surface area contributed by atoms with Gasteiger partial charge in [0.1, 0.15) is 0 Å². The predicted octanol–water partition coefficient (Wildman–Crippen LogP) is 2.16. The van der Waals surface area contributed by atoms with Crippen molar-refractivity contribution in [2.45, 2.75) is 11.8 Å². The number of hydrogen-bond acceptors (Lipinski definition) is 2.